The zero-order valence-electron chi connectivity index (χ0n) is 12.2. The summed E-state index contributed by atoms with van der Waals surface area (Å²) in [7, 11) is 0. The Labute approximate surface area is 123 Å². The van der Waals surface area contributed by atoms with E-state index in [0.29, 0.717) is 24.1 Å². The van der Waals surface area contributed by atoms with Gasteiger partial charge in [0.25, 0.3) is 5.69 Å². The number of aliphatic hydroxyl groups is 1. The molecular weight excluding hydrogens is 272 g/mol. The van der Waals surface area contributed by atoms with Gasteiger partial charge >= 0.3 is 0 Å². The van der Waals surface area contributed by atoms with Crippen molar-refractivity contribution in [3.8, 4) is 0 Å². The van der Waals surface area contributed by atoms with Gasteiger partial charge in [-0.2, -0.15) is 0 Å². The summed E-state index contributed by atoms with van der Waals surface area (Å²) in [5.74, 6) is 1.51. The lowest BCUT2D eigenvalue weighted by Gasteiger charge is -2.25. The maximum absolute atomic E-state index is 10.9. The minimum Gasteiger partial charge on any atom is -0.393 e. The molecule has 0 radical (unpaired) electrons. The van der Waals surface area contributed by atoms with Crippen molar-refractivity contribution in [3.05, 3.63) is 22.2 Å². The van der Waals surface area contributed by atoms with Crippen LogP contribution < -0.4 is 10.6 Å². The number of anilines is 2. The molecule has 0 spiro atoms. The van der Waals surface area contributed by atoms with E-state index in [0.717, 1.165) is 32.2 Å². The van der Waals surface area contributed by atoms with Crippen LogP contribution in [-0.4, -0.2) is 34.2 Å². The summed E-state index contributed by atoms with van der Waals surface area (Å²) in [5, 5.41) is 26.6. The van der Waals surface area contributed by atoms with E-state index in [1.165, 1.54) is 12.1 Å². The number of nitrogens with one attached hydrogen (secondary N) is 2. The summed E-state index contributed by atoms with van der Waals surface area (Å²) in [6.45, 7) is 3.31. The number of nitro groups is 1. The first-order valence-corrected chi connectivity index (χ1v) is 7.40. The molecule has 7 heteroatoms. The summed E-state index contributed by atoms with van der Waals surface area (Å²) >= 11 is 0. The molecule has 21 heavy (non-hydrogen) atoms. The average Bonchev–Trinajstić information content (AvgIpc) is 2.47. The minimum atomic E-state index is -0.412. The summed E-state index contributed by atoms with van der Waals surface area (Å²) in [4.78, 5) is 14.9. The fourth-order valence-corrected chi connectivity index (χ4v) is 2.58. The van der Waals surface area contributed by atoms with Crippen LogP contribution in [0.4, 0.5) is 17.3 Å². The molecule has 1 aliphatic rings. The molecule has 1 aliphatic carbocycles. The van der Waals surface area contributed by atoms with Gasteiger partial charge in [0.15, 0.2) is 0 Å². The van der Waals surface area contributed by atoms with E-state index >= 15 is 0 Å². The molecule has 0 aromatic carbocycles. The highest BCUT2D eigenvalue weighted by molar-refractivity contribution is 5.54. The lowest BCUT2D eigenvalue weighted by molar-refractivity contribution is -0.384. The Balaban J connectivity index is 1.99. The molecular formula is C14H22N4O3. The van der Waals surface area contributed by atoms with Gasteiger partial charge in [-0.15, -0.1) is 0 Å². The Morgan fingerprint density at radius 1 is 1.29 bits per heavy atom. The Morgan fingerprint density at radius 2 is 1.90 bits per heavy atom. The molecule has 1 aromatic rings. The van der Waals surface area contributed by atoms with Crippen LogP contribution in [0.15, 0.2) is 12.1 Å². The summed E-state index contributed by atoms with van der Waals surface area (Å²) < 4.78 is 0. The standard InChI is InChI=1S/C14H22N4O3/c1-2-15-13-7-11(18(20)21)8-14(17-13)16-9-10-3-5-12(19)6-4-10/h7-8,10,12,19H,2-6,9H2,1H3,(H2,15,16,17). The predicted octanol–water partition coefficient (Wildman–Crippen LogP) is 2.38. The van der Waals surface area contributed by atoms with Crippen LogP contribution in [0.25, 0.3) is 0 Å². The molecule has 2 rings (SSSR count). The fraction of sp³-hybridized carbons (Fsp3) is 0.643. The van der Waals surface area contributed by atoms with E-state index in [9.17, 15) is 15.2 Å². The van der Waals surface area contributed by atoms with Crippen molar-refractivity contribution in [3.63, 3.8) is 0 Å². The van der Waals surface area contributed by atoms with Crippen molar-refractivity contribution in [1.29, 1.82) is 0 Å². The lowest BCUT2D eigenvalue weighted by atomic mass is 9.87. The highest BCUT2D eigenvalue weighted by atomic mass is 16.6. The SMILES string of the molecule is CCNc1cc([N+](=O)[O-])cc(NCC2CCC(O)CC2)n1. The van der Waals surface area contributed by atoms with Crippen molar-refractivity contribution < 1.29 is 10.0 Å². The first-order valence-electron chi connectivity index (χ1n) is 7.40. The number of aromatic nitrogens is 1. The molecule has 3 N–H and O–H groups in total. The van der Waals surface area contributed by atoms with E-state index < -0.39 is 4.92 Å². The number of hydrogen-bond donors (Lipinski definition) is 3. The van der Waals surface area contributed by atoms with E-state index in [4.69, 9.17) is 0 Å². The summed E-state index contributed by atoms with van der Waals surface area (Å²) in [6.07, 6.45) is 3.44. The summed E-state index contributed by atoms with van der Waals surface area (Å²) in [5.41, 5.74) is 0.0301. The number of pyridine rings is 1. The molecule has 0 amide bonds. The average molecular weight is 294 g/mol. The van der Waals surface area contributed by atoms with Crippen LogP contribution in [0.3, 0.4) is 0 Å². The number of rotatable bonds is 6. The minimum absolute atomic E-state index is 0.0301. The van der Waals surface area contributed by atoms with E-state index in [1.807, 2.05) is 6.92 Å². The Bertz CT molecular complexity index is 487. The Kier molecular flexibility index (Phi) is 5.32. The van der Waals surface area contributed by atoms with Crippen LogP contribution in [0.1, 0.15) is 32.6 Å². The smallest absolute Gasteiger partial charge is 0.276 e. The van der Waals surface area contributed by atoms with Gasteiger partial charge in [0, 0.05) is 13.1 Å². The van der Waals surface area contributed by atoms with Gasteiger partial charge < -0.3 is 15.7 Å². The van der Waals surface area contributed by atoms with Crippen molar-refractivity contribution in [1.82, 2.24) is 4.98 Å². The zero-order chi connectivity index (χ0) is 15.2. The molecule has 0 bridgehead atoms. The van der Waals surface area contributed by atoms with Crippen LogP contribution >= 0.6 is 0 Å². The van der Waals surface area contributed by atoms with Gasteiger partial charge in [0.2, 0.25) is 0 Å². The maximum atomic E-state index is 10.9. The normalized spacial score (nSPS) is 21.8. The molecule has 116 valence electrons. The third-order valence-electron chi connectivity index (χ3n) is 3.77. The van der Waals surface area contributed by atoms with Crippen molar-refractivity contribution >= 4 is 17.3 Å². The third kappa shape index (κ3) is 4.56. The largest absolute Gasteiger partial charge is 0.393 e. The molecule has 7 nitrogen and oxygen atoms in total. The van der Waals surface area contributed by atoms with Gasteiger partial charge in [-0.1, -0.05) is 0 Å². The topological polar surface area (TPSA) is 100 Å². The molecule has 0 atom stereocenters. The molecule has 1 saturated carbocycles. The number of hydrogen-bond acceptors (Lipinski definition) is 6. The molecule has 1 aromatic heterocycles. The van der Waals surface area contributed by atoms with E-state index in [1.54, 1.807) is 0 Å². The second-order valence-corrected chi connectivity index (χ2v) is 5.44. The predicted molar refractivity (Wildman–Crippen MR) is 81.5 cm³/mol. The Hall–Kier alpha value is -1.89. The first-order chi connectivity index (χ1) is 10.1. The number of aliphatic hydroxyl groups excluding tert-OH is 1. The monoisotopic (exact) mass is 294 g/mol. The van der Waals surface area contributed by atoms with E-state index in [2.05, 4.69) is 15.6 Å². The van der Waals surface area contributed by atoms with Gasteiger partial charge in [0.05, 0.1) is 23.2 Å². The van der Waals surface area contributed by atoms with Crippen molar-refractivity contribution in [2.45, 2.75) is 38.7 Å². The second kappa shape index (κ2) is 7.21. The van der Waals surface area contributed by atoms with Crippen LogP contribution in [0.5, 0.6) is 0 Å². The molecule has 0 unspecified atom stereocenters. The maximum Gasteiger partial charge on any atom is 0.276 e. The first kappa shape index (κ1) is 15.5. The quantitative estimate of drug-likeness (QED) is 0.550. The van der Waals surface area contributed by atoms with Crippen molar-refractivity contribution in [2.24, 2.45) is 5.92 Å². The number of nitrogens with zero attached hydrogens (tertiary/aromatic N) is 2. The van der Waals surface area contributed by atoms with E-state index in [-0.39, 0.29) is 11.8 Å². The fourth-order valence-electron chi connectivity index (χ4n) is 2.58. The van der Waals surface area contributed by atoms with Gasteiger partial charge in [-0.3, -0.25) is 10.1 Å². The van der Waals surface area contributed by atoms with Gasteiger partial charge in [-0.05, 0) is 38.5 Å². The second-order valence-electron chi connectivity index (χ2n) is 5.44. The highest BCUT2D eigenvalue weighted by Crippen LogP contribution is 2.25. The lowest BCUT2D eigenvalue weighted by Crippen LogP contribution is -2.23. The molecule has 0 saturated heterocycles. The third-order valence-corrected chi connectivity index (χ3v) is 3.77. The van der Waals surface area contributed by atoms with Crippen LogP contribution in [-0.2, 0) is 0 Å². The molecule has 1 fully saturated rings. The van der Waals surface area contributed by atoms with Gasteiger partial charge in [-0.25, -0.2) is 4.98 Å². The Morgan fingerprint density at radius 3 is 2.48 bits per heavy atom. The highest BCUT2D eigenvalue weighted by Gasteiger charge is 2.19. The zero-order valence-corrected chi connectivity index (χ0v) is 12.2. The summed E-state index contributed by atoms with van der Waals surface area (Å²) in [6, 6.07) is 2.89. The van der Waals surface area contributed by atoms with Crippen LogP contribution in [0, 0.1) is 16.0 Å². The van der Waals surface area contributed by atoms with Gasteiger partial charge in [0.1, 0.15) is 11.6 Å². The molecule has 1 heterocycles. The van der Waals surface area contributed by atoms with Crippen molar-refractivity contribution in [2.75, 3.05) is 23.7 Å². The molecule has 0 aliphatic heterocycles. The van der Waals surface area contributed by atoms with Crippen LogP contribution in [0.2, 0.25) is 0 Å².